The summed E-state index contributed by atoms with van der Waals surface area (Å²) in [6.45, 7) is 5.85. The van der Waals surface area contributed by atoms with Crippen molar-refractivity contribution < 1.29 is 14.7 Å². The fourth-order valence-electron chi connectivity index (χ4n) is 2.55. The van der Waals surface area contributed by atoms with Gasteiger partial charge in [0.15, 0.2) is 0 Å². The number of amides is 2. The highest BCUT2D eigenvalue weighted by molar-refractivity contribution is 5.99. The van der Waals surface area contributed by atoms with E-state index in [-0.39, 0.29) is 11.6 Å². The minimum atomic E-state index is -1.06. The van der Waals surface area contributed by atoms with Gasteiger partial charge in [0.2, 0.25) is 0 Å². The maximum absolute atomic E-state index is 11.9. The fourth-order valence-corrected chi connectivity index (χ4v) is 2.55. The summed E-state index contributed by atoms with van der Waals surface area (Å²) in [5.41, 5.74) is 0.398. The fraction of sp³-hybridized carbons (Fsp3) is 0.467. The number of hydrogen-bond donors (Lipinski definition) is 3. The van der Waals surface area contributed by atoms with Crippen LogP contribution in [0.1, 0.15) is 23.7 Å². The van der Waals surface area contributed by atoms with Crippen LogP contribution in [0, 0.1) is 5.92 Å². The Morgan fingerprint density at radius 1 is 1.38 bits per heavy atom. The average Bonchev–Trinajstić information content (AvgIpc) is 2.93. The lowest BCUT2D eigenvalue weighted by Crippen LogP contribution is -2.34. The molecule has 1 aromatic carbocycles. The lowest BCUT2D eigenvalue weighted by molar-refractivity contribution is 0.0698. The summed E-state index contributed by atoms with van der Waals surface area (Å²) < 4.78 is 0. The molecule has 0 radical (unpaired) electrons. The van der Waals surface area contributed by atoms with E-state index >= 15 is 0 Å². The van der Waals surface area contributed by atoms with Crippen LogP contribution in [-0.4, -0.2) is 48.2 Å². The Hall–Kier alpha value is -2.08. The van der Waals surface area contributed by atoms with Crippen molar-refractivity contribution in [2.24, 2.45) is 5.92 Å². The van der Waals surface area contributed by atoms with Crippen molar-refractivity contribution in [3.63, 3.8) is 0 Å². The topological polar surface area (TPSA) is 81.7 Å². The molecule has 0 spiro atoms. The van der Waals surface area contributed by atoms with Gasteiger partial charge in [-0.1, -0.05) is 19.1 Å². The van der Waals surface area contributed by atoms with Crippen LogP contribution in [0.5, 0.6) is 0 Å². The molecule has 1 heterocycles. The number of nitrogens with zero attached hydrogens (tertiary/aromatic N) is 1. The van der Waals surface area contributed by atoms with E-state index in [2.05, 4.69) is 22.5 Å². The lowest BCUT2D eigenvalue weighted by atomic mass is 10.1. The van der Waals surface area contributed by atoms with Crippen molar-refractivity contribution in [1.82, 2.24) is 10.2 Å². The summed E-state index contributed by atoms with van der Waals surface area (Å²) in [5, 5.41) is 14.5. The predicted molar refractivity (Wildman–Crippen MR) is 80.6 cm³/mol. The number of benzene rings is 1. The van der Waals surface area contributed by atoms with Crippen LogP contribution in [0.2, 0.25) is 0 Å². The second-order valence-corrected chi connectivity index (χ2v) is 5.23. The summed E-state index contributed by atoms with van der Waals surface area (Å²) in [6, 6.07) is 6.01. The number of aromatic carboxylic acids is 1. The van der Waals surface area contributed by atoms with Crippen LogP contribution in [0.4, 0.5) is 10.5 Å². The molecule has 0 bridgehead atoms. The summed E-state index contributed by atoms with van der Waals surface area (Å²) in [4.78, 5) is 25.3. The van der Waals surface area contributed by atoms with Crippen LogP contribution in [0.15, 0.2) is 24.3 Å². The van der Waals surface area contributed by atoms with Gasteiger partial charge < -0.3 is 20.6 Å². The van der Waals surface area contributed by atoms with Gasteiger partial charge in [-0.3, -0.25) is 0 Å². The Morgan fingerprint density at radius 3 is 2.81 bits per heavy atom. The number of carboxylic acids is 1. The van der Waals surface area contributed by atoms with E-state index in [9.17, 15) is 9.59 Å². The number of carbonyl (C=O) groups excluding carboxylic acids is 1. The molecule has 1 aliphatic rings. The van der Waals surface area contributed by atoms with Crippen molar-refractivity contribution in [2.45, 2.75) is 13.3 Å². The van der Waals surface area contributed by atoms with Gasteiger partial charge in [-0.15, -0.1) is 0 Å². The van der Waals surface area contributed by atoms with Gasteiger partial charge in [0, 0.05) is 13.1 Å². The Balaban J connectivity index is 1.84. The number of carbonyl (C=O) groups is 2. The van der Waals surface area contributed by atoms with Gasteiger partial charge in [-0.25, -0.2) is 9.59 Å². The largest absolute Gasteiger partial charge is 0.478 e. The molecule has 6 nitrogen and oxygen atoms in total. The Kier molecular flexibility index (Phi) is 5.16. The molecular formula is C15H21N3O3. The van der Waals surface area contributed by atoms with Gasteiger partial charge >= 0.3 is 12.0 Å². The first-order valence-electron chi connectivity index (χ1n) is 7.19. The molecule has 6 heteroatoms. The smallest absolute Gasteiger partial charge is 0.337 e. The number of carboxylic acid groups (broad SMARTS) is 1. The number of anilines is 1. The molecule has 114 valence electrons. The van der Waals surface area contributed by atoms with E-state index in [4.69, 9.17) is 5.11 Å². The Bertz CT molecular complexity index is 519. The van der Waals surface area contributed by atoms with E-state index in [1.54, 1.807) is 18.2 Å². The summed E-state index contributed by atoms with van der Waals surface area (Å²) in [5.74, 6) is -0.592. The Morgan fingerprint density at radius 2 is 2.14 bits per heavy atom. The van der Waals surface area contributed by atoms with E-state index in [0.717, 1.165) is 26.1 Å². The monoisotopic (exact) mass is 291 g/mol. The predicted octanol–water partition coefficient (Wildman–Crippen LogP) is 1.85. The second kappa shape index (κ2) is 7.08. The van der Waals surface area contributed by atoms with Gasteiger partial charge in [0.1, 0.15) is 0 Å². The van der Waals surface area contributed by atoms with Crippen LogP contribution in [0.25, 0.3) is 0 Å². The first kappa shape index (κ1) is 15.3. The molecule has 0 aliphatic carbocycles. The number of para-hydroxylation sites is 1. The number of likely N-dealkylation sites (tertiary alicyclic amines) is 1. The molecule has 1 saturated heterocycles. The summed E-state index contributed by atoms with van der Waals surface area (Å²) >= 11 is 0. The maximum Gasteiger partial charge on any atom is 0.337 e. The van der Waals surface area contributed by atoms with Crippen LogP contribution < -0.4 is 10.6 Å². The molecule has 1 fully saturated rings. The number of hydrogen-bond acceptors (Lipinski definition) is 3. The molecule has 21 heavy (non-hydrogen) atoms. The highest BCUT2D eigenvalue weighted by atomic mass is 16.4. The molecule has 1 aliphatic heterocycles. The van der Waals surface area contributed by atoms with Crippen molar-refractivity contribution in [1.29, 1.82) is 0 Å². The van der Waals surface area contributed by atoms with Gasteiger partial charge in [0.25, 0.3) is 0 Å². The van der Waals surface area contributed by atoms with E-state index < -0.39 is 5.97 Å². The van der Waals surface area contributed by atoms with Gasteiger partial charge in [0.05, 0.1) is 11.3 Å². The average molecular weight is 291 g/mol. The standard InChI is InChI=1S/C15H21N3O3/c1-2-18-8-7-11(10-18)9-16-15(21)17-13-6-4-3-5-12(13)14(19)20/h3-6,11H,2,7-10H2,1H3,(H,19,20)(H2,16,17,21). The third-order valence-electron chi connectivity index (χ3n) is 3.77. The lowest BCUT2D eigenvalue weighted by Gasteiger charge is -2.14. The van der Waals surface area contributed by atoms with E-state index in [1.807, 2.05) is 0 Å². The Labute approximate surface area is 124 Å². The number of nitrogens with one attached hydrogen (secondary N) is 2. The molecule has 1 atom stereocenters. The van der Waals surface area contributed by atoms with E-state index in [0.29, 0.717) is 18.2 Å². The minimum absolute atomic E-state index is 0.0886. The number of urea groups is 1. The summed E-state index contributed by atoms with van der Waals surface area (Å²) in [7, 11) is 0. The molecule has 3 N–H and O–H groups in total. The van der Waals surface area contributed by atoms with Crippen molar-refractivity contribution >= 4 is 17.7 Å². The maximum atomic E-state index is 11.9. The van der Waals surface area contributed by atoms with Crippen LogP contribution >= 0.6 is 0 Å². The molecule has 1 unspecified atom stereocenters. The molecular weight excluding hydrogens is 270 g/mol. The van der Waals surface area contributed by atoms with Crippen LogP contribution in [0.3, 0.4) is 0 Å². The molecule has 1 aromatic rings. The zero-order valence-corrected chi connectivity index (χ0v) is 12.1. The van der Waals surface area contributed by atoms with Gasteiger partial charge in [-0.05, 0) is 37.6 Å². The first-order valence-corrected chi connectivity index (χ1v) is 7.19. The highest BCUT2D eigenvalue weighted by Crippen LogP contribution is 2.16. The normalized spacial score (nSPS) is 18.4. The quantitative estimate of drug-likeness (QED) is 0.773. The zero-order chi connectivity index (χ0) is 15.2. The third-order valence-corrected chi connectivity index (χ3v) is 3.77. The molecule has 2 amide bonds. The highest BCUT2D eigenvalue weighted by Gasteiger charge is 2.21. The van der Waals surface area contributed by atoms with E-state index in [1.165, 1.54) is 6.07 Å². The SMILES string of the molecule is CCN1CCC(CNC(=O)Nc2ccccc2C(=O)O)C1. The van der Waals surface area contributed by atoms with Crippen molar-refractivity contribution in [3.8, 4) is 0 Å². The van der Waals surface area contributed by atoms with Crippen molar-refractivity contribution in [3.05, 3.63) is 29.8 Å². The molecule has 0 aromatic heterocycles. The minimum Gasteiger partial charge on any atom is -0.478 e. The first-order chi connectivity index (χ1) is 10.1. The second-order valence-electron chi connectivity index (χ2n) is 5.23. The van der Waals surface area contributed by atoms with Crippen LogP contribution in [-0.2, 0) is 0 Å². The summed E-state index contributed by atoms with van der Waals surface area (Å²) in [6.07, 6.45) is 1.08. The van der Waals surface area contributed by atoms with Crippen molar-refractivity contribution in [2.75, 3.05) is 31.5 Å². The zero-order valence-electron chi connectivity index (χ0n) is 12.1. The third kappa shape index (κ3) is 4.19. The molecule has 0 saturated carbocycles. The van der Waals surface area contributed by atoms with Gasteiger partial charge in [-0.2, -0.15) is 0 Å². The molecule has 2 rings (SSSR count). The number of rotatable bonds is 5.